The third-order valence-corrected chi connectivity index (χ3v) is 1.61. The van der Waals surface area contributed by atoms with Crippen LogP contribution in [0.4, 0.5) is 0 Å². The number of hydrogen-bond acceptors (Lipinski definition) is 2. The van der Waals surface area contributed by atoms with Crippen LogP contribution in [0.25, 0.3) is 0 Å². The first-order valence-electron chi connectivity index (χ1n) is 4.16. The van der Waals surface area contributed by atoms with E-state index in [1.807, 2.05) is 19.1 Å². The molecule has 1 N–H and O–H groups in total. The Morgan fingerprint density at radius 3 is 3.08 bits per heavy atom. The Morgan fingerprint density at radius 2 is 2.50 bits per heavy atom. The van der Waals surface area contributed by atoms with Crippen LogP contribution in [0.15, 0.2) is 35.0 Å². The van der Waals surface area contributed by atoms with Gasteiger partial charge in [-0.2, -0.15) is 0 Å². The SMILES string of the molecule is C=C(C)CCNCc1ccco1. The summed E-state index contributed by atoms with van der Waals surface area (Å²) in [7, 11) is 0. The summed E-state index contributed by atoms with van der Waals surface area (Å²) in [5.41, 5.74) is 1.21. The zero-order valence-corrected chi connectivity index (χ0v) is 7.47. The van der Waals surface area contributed by atoms with Crippen molar-refractivity contribution < 1.29 is 4.42 Å². The standard InChI is InChI=1S/C10H15NO/c1-9(2)5-6-11-8-10-4-3-7-12-10/h3-4,7,11H,1,5-6,8H2,2H3. The van der Waals surface area contributed by atoms with Gasteiger partial charge in [0.15, 0.2) is 0 Å². The quantitative estimate of drug-likeness (QED) is 0.535. The topological polar surface area (TPSA) is 25.2 Å². The fraction of sp³-hybridized carbons (Fsp3) is 0.400. The zero-order valence-electron chi connectivity index (χ0n) is 7.47. The van der Waals surface area contributed by atoms with E-state index in [0.717, 1.165) is 25.3 Å². The highest BCUT2D eigenvalue weighted by Crippen LogP contribution is 1.99. The monoisotopic (exact) mass is 165 g/mol. The van der Waals surface area contributed by atoms with Gasteiger partial charge in [0.1, 0.15) is 5.76 Å². The third kappa shape index (κ3) is 3.39. The van der Waals surface area contributed by atoms with Crippen LogP contribution >= 0.6 is 0 Å². The highest BCUT2D eigenvalue weighted by Gasteiger charge is 1.93. The first-order chi connectivity index (χ1) is 5.79. The number of furan rings is 1. The average Bonchev–Trinajstić information content (AvgIpc) is 2.49. The lowest BCUT2D eigenvalue weighted by Gasteiger charge is -2.01. The average molecular weight is 165 g/mol. The molecule has 1 aromatic heterocycles. The molecule has 1 rings (SSSR count). The summed E-state index contributed by atoms with van der Waals surface area (Å²) in [6.45, 7) is 7.64. The largest absolute Gasteiger partial charge is 0.468 e. The second-order valence-electron chi connectivity index (χ2n) is 2.96. The van der Waals surface area contributed by atoms with Crippen LogP contribution in [0, 0.1) is 0 Å². The van der Waals surface area contributed by atoms with Crippen molar-refractivity contribution >= 4 is 0 Å². The van der Waals surface area contributed by atoms with Gasteiger partial charge in [0, 0.05) is 0 Å². The number of nitrogens with one attached hydrogen (secondary N) is 1. The highest BCUT2D eigenvalue weighted by atomic mass is 16.3. The molecular formula is C10H15NO. The molecule has 0 radical (unpaired) electrons. The van der Waals surface area contributed by atoms with Gasteiger partial charge in [-0.15, -0.1) is 6.58 Å². The predicted octanol–water partition coefficient (Wildman–Crippen LogP) is 2.34. The molecule has 1 aromatic rings. The summed E-state index contributed by atoms with van der Waals surface area (Å²) < 4.78 is 5.16. The van der Waals surface area contributed by atoms with Crippen LogP contribution in [0.1, 0.15) is 19.1 Å². The Hall–Kier alpha value is -1.02. The molecule has 0 amide bonds. The van der Waals surface area contributed by atoms with Gasteiger partial charge in [-0.1, -0.05) is 5.57 Å². The van der Waals surface area contributed by atoms with E-state index in [-0.39, 0.29) is 0 Å². The second kappa shape index (κ2) is 4.78. The van der Waals surface area contributed by atoms with Crippen LogP contribution < -0.4 is 5.32 Å². The molecule has 0 aliphatic carbocycles. The van der Waals surface area contributed by atoms with E-state index in [4.69, 9.17) is 4.42 Å². The molecule has 0 aromatic carbocycles. The summed E-state index contributed by atoms with van der Waals surface area (Å²) >= 11 is 0. The first kappa shape index (κ1) is 9.07. The Labute approximate surface area is 73.3 Å². The molecule has 0 bridgehead atoms. The highest BCUT2D eigenvalue weighted by molar-refractivity contribution is 4.97. The van der Waals surface area contributed by atoms with Gasteiger partial charge in [-0.25, -0.2) is 0 Å². The van der Waals surface area contributed by atoms with Crippen molar-refractivity contribution in [2.75, 3.05) is 6.54 Å². The first-order valence-corrected chi connectivity index (χ1v) is 4.16. The van der Waals surface area contributed by atoms with Crippen molar-refractivity contribution in [1.29, 1.82) is 0 Å². The van der Waals surface area contributed by atoms with Crippen molar-refractivity contribution in [3.05, 3.63) is 36.3 Å². The Bertz CT molecular complexity index is 226. The molecule has 0 saturated heterocycles. The number of rotatable bonds is 5. The number of hydrogen-bond donors (Lipinski definition) is 1. The van der Waals surface area contributed by atoms with Crippen molar-refractivity contribution in [2.24, 2.45) is 0 Å². The van der Waals surface area contributed by atoms with Gasteiger partial charge in [-0.05, 0) is 32.0 Å². The molecule has 0 atom stereocenters. The molecule has 0 aliphatic rings. The molecule has 12 heavy (non-hydrogen) atoms. The van der Waals surface area contributed by atoms with E-state index in [2.05, 4.69) is 11.9 Å². The Morgan fingerprint density at radius 1 is 1.67 bits per heavy atom. The van der Waals surface area contributed by atoms with Gasteiger partial charge >= 0.3 is 0 Å². The van der Waals surface area contributed by atoms with Crippen LogP contribution in [0.3, 0.4) is 0 Å². The lowest BCUT2D eigenvalue weighted by molar-refractivity contribution is 0.484. The lowest BCUT2D eigenvalue weighted by atomic mass is 10.2. The molecule has 0 saturated carbocycles. The van der Waals surface area contributed by atoms with Crippen molar-refractivity contribution in [1.82, 2.24) is 5.32 Å². The van der Waals surface area contributed by atoms with Gasteiger partial charge in [0.2, 0.25) is 0 Å². The van der Waals surface area contributed by atoms with E-state index in [1.165, 1.54) is 5.57 Å². The third-order valence-electron chi connectivity index (χ3n) is 1.61. The molecule has 0 unspecified atom stereocenters. The van der Waals surface area contributed by atoms with Crippen LogP contribution in [-0.2, 0) is 6.54 Å². The normalized spacial score (nSPS) is 10.1. The molecular weight excluding hydrogens is 150 g/mol. The Kier molecular flexibility index (Phi) is 3.61. The summed E-state index contributed by atoms with van der Waals surface area (Å²) in [4.78, 5) is 0. The van der Waals surface area contributed by atoms with Crippen LogP contribution in [0.5, 0.6) is 0 Å². The molecule has 1 heterocycles. The van der Waals surface area contributed by atoms with Crippen LogP contribution in [0.2, 0.25) is 0 Å². The van der Waals surface area contributed by atoms with E-state index >= 15 is 0 Å². The summed E-state index contributed by atoms with van der Waals surface area (Å²) in [6.07, 6.45) is 2.72. The predicted molar refractivity (Wildman–Crippen MR) is 49.8 cm³/mol. The molecule has 2 heteroatoms. The van der Waals surface area contributed by atoms with Gasteiger partial charge in [0.25, 0.3) is 0 Å². The molecule has 0 aliphatic heterocycles. The second-order valence-corrected chi connectivity index (χ2v) is 2.96. The van der Waals surface area contributed by atoms with Crippen molar-refractivity contribution in [3.63, 3.8) is 0 Å². The van der Waals surface area contributed by atoms with Gasteiger partial charge in [-0.3, -0.25) is 0 Å². The minimum absolute atomic E-state index is 0.806. The maximum absolute atomic E-state index is 5.16. The van der Waals surface area contributed by atoms with Crippen molar-refractivity contribution in [3.8, 4) is 0 Å². The molecule has 66 valence electrons. The minimum Gasteiger partial charge on any atom is -0.468 e. The lowest BCUT2D eigenvalue weighted by Crippen LogP contribution is -2.14. The van der Waals surface area contributed by atoms with E-state index in [1.54, 1.807) is 6.26 Å². The molecule has 0 fully saturated rings. The van der Waals surface area contributed by atoms with Gasteiger partial charge < -0.3 is 9.73 Å². The van der Waals surface area contributed by atoms with Crippen molar-refractivity contribution in [2.45, 2.75) is 19.9 Å². The maximum atomic E-state index is 5.16. The van der Waals surface area contributed by atoms with E-state index in [0.29, 0.717) is 0 Å². The maximum Gasteiger partial charge on any atom is 0.117 e. The zero-order chi connectivity index (χ0) is 8.81. The van der Waals surface area contributed by atoms with E-state index in [9.17, 15) is 0 Å². The smallest absolute Gasteiger partial charge is 0.117 e. The molecule has 2 nitrogen and oxygen atoms in total. The summed E-state index contributed by atoms with van der Waals surface area (Å²) in [5, 5.41) is 3.26. The molecule has 0 spiro atoms. The minimum atomic E-state index is 0.806. The summed E-state index contributed by atoms with van der Waals surface area (Å²) in [6, 6.07) is 3.86. The van der Waals surface area contributed by atoms with Crippen LogP contribution in [-0.4, -0.2) is 6.54 Å². The fourth-order valence-corrected chi connectivity index (χ4v) is 0.927. The fourth-order valence-electron chi connectivity index (χ4n) is 0.927. The van der Waals surface area contributed by atoms with E-state index < -0.39 is 0 Å². The van der Waals surface area contributed by atoms with Gasteiger partial charge in [0.05, 0.1) is 12.8 Å². The summed E-state index contributed by atoms with van der Waals surface area (Å²) in [5.74, 6) is 0.983. The Balaban J connectivity index is 2.07.